The van der Waals surface area contributed by atoms with E-state index >= 15 is 0 Å². The van der Waals surface area contributed by atoms with Gasteiger partial charge in [0.1, 0.15) is 0 Å². The molecule has 0 fully saturated rings. The van der Waals surface area contributed by atoms with Gasteiger partial charge in [-0.2, -0.15) is 0 Å². The standard InChI is InChI=1S/C6H11N3O2/c1-10-5(11-2)4-3-8-6(7)9-4/h3,5H,1-2H3,(H3,7,8,9). The number of H-pyrrole nitrogens is 1. The highest BCUT2D eigenvalue weighted by Gasteiger charge is 2.10. The Balaban J connectivity index is 2.73. The molecule has 1 rings (SSSR count). The zero-order valence-electron chi connectivity index (χ0n) is 6.50. The number of nitrogen functional groups attached to an aromatic ring is 1. The lowest BCUT2D eigenvalue weighted by Crippen LogP contribution is -2.03. The Morgan fingerprint density at radius 2 is 2.18 bits per heavy atom. The van der Waals surface area contributed by atoms with Crippen molar-refractivity contribution in [3.63, 3.8) is 0 Å². The minimum absolute atomic E-state index is 0.360. The SMILES string of the molecule is COC(OC)c1cnc(N)[nH]1. The van der Waals surface area contributed by atoms with Crippen LogP contribution in [0, 0.1) is 0 Å². The van der Waals surface area contributed by atoms with Crippen LogP contribution < -0.4 is 5.73 Å². The van der Waals surface area contributed by atoms with Crippen LogP contribution >= 0.6 is 0 Å². The monoisotopic (exact) mass is 157 g/mol. The van der Waals surface area contributed by atoms with Crippen LogP contribution in [0.15, 0.2) is 6.20 Å². The molecule has 5 heteroatoms. The summed E-state index contributed by atoms with van der Waals surface area (Å²) in [5.41, 5.74) is 6.06. The van der Waals surface area contributed by atoms with E-state index in [4.69, 9.17) is 15.2 Å². The van der Waals surface area contributed by atoms with Crippen LogP contribution in [0.1, 0.15) is 12.0 Å². The van der Waals surface area contributed by atoms with Gasteiger partial charge in [-0.05, 0) is 0 Å². The number of hydrogen-bond donors (Lipinski definition) is 2. The number of nitrogens with one attached hydrogen (secondary N) is 1. The Kier molecular flexibility index (Phi) is 2.45. The van der Waals surface area contributed by atoms with Crippen LogP contribution in [0.25, 0.3) is 0 Å². The summed E-state index contributed by atoms with van der Waals surface area (Å²) in [6, 6.07) is 0. The minimum atomic E-state index is -0.417. The molecule has 0 aliphatic rings. The fourth-order valence-electron chi connectivity index (χ4n) is 0.821. The molecule has 0 saturated carbocycles. The Hall–Kier alpha value is -1.07. The molecule has 0 aliphatic carbocycles. The van der Waals surface area contributed by atoms with Gasteiger partial charge in [0, 0.05) is 14.2 Å². The van der Waals surface area contributed by atoms with E-state index in [1.165, 1.54) is 0 Å². The number of methoxy groups -OCH3 is 2. The van der Waals surface area contributed by atoms with E-state index in [2.05, 4.69) is 9.97 Å². The number of ether oxygens (including phenoxy) is 2. The topological polar surface area (TPSA) is 73.2 Å². The number of imidazole rings is 1. The molecular weight excluding hydrogens is 146 g/mol. The summed E-state index contributed by atoms with van der Waals surface area (Å²) >= 11 is 0. The van der Waals surface area contributed by atoms with Crippen LogP contribution in [0.3, 0.4) is 0 Å². The normalized spacial score (nSPS) is 10.8. The van der Waals surface area contributed by atoms with Gasteiger partial charge in [-0.1, -0.05) is 0 Å². The van der Waals surface area contributed by atoms with Gasteiger partial charge in [0.05, 0.1) is 11.9 Å². The Morgan fingerprint density at radius 3 is 2.55 bits per heavy atom. The first-order valence-electron chi connectivity index (χ1n) is 3.14. The summed E-state index contributed by atoms with van der Waals surface area (Å²) in [6.07, 6.45) is 1.16. The third-order valence-corrected chi connectivity index (χ3v) is 1.30. The third kappa shape index (κ3) is 1.69. The van der Waals surface area contributed by atoms with Gasteiger partial charge in [-0.25, -0.2) is 4.98 Å². The maximum atomic E-state index is 5.35. The molecule has 62 valence electrons. The van der Waals surface area contributed by atoms with Crippen molar-refractivity contribution < 1.29 is 9.47 Å². The average Bonchev–Trinajstić information content (AvgIpc) is 2.39. The molecule has 0 amide bonds. The second kappa shape index (κ2) is 3.36. The van der Waals surface area contributed by atoms with Crippen molar-refractivity contribution in [3.8, 4) is 0 Å². The molecule has 1 heterocycles. The smallest absolute Gasteiger partial charge is 0.200 e. The largest absolute Gasteiger partial charge is 0.369 e. The van der Waals surface area contributed by atoms with Gasteiger partial charge in [0.25, 0.3) is 0 Å². The summed E-state index contributed by atoms with van der Waals surface area (Å²) in [6.45, 7) is 0. The van der Waals surface area contributed by atoms with Gasteiger partial charge in [0.15, 0.2) is 12.2 Å². The zero-order chi connectivity index (χ0) is 8.27. The molecule has 1 aromatic rings. The molecule has 5 nitrogen and oxygen atoms in total. The number of aromatic nitrogens is 2. The first-order valence-corrected chi connectivity index (χ1v) is 3.14. The van der Waals surface area contributed by atoms with Crippen molar-refractivity contribution in [2.75, 3.05) is 20.0 Å². The lowest BCUT2D eigenvalue weighted by atomic mass is 10.5. The number of aromatic amines is 1. The summed E-state index contributed by atoms with van der Waals surface area (Å²) in [7, 11) is 3.09. The summed E-state index contributed by atoms with van der Waals surface area (Å²) in [5, 5.41) is 0. The maximum absolute atomic E-state index is 5.35. The van der Waals surface area contributed by atoms with Gasteiger partial charge in [-0.15, -0.1) is 0 Å². The van der Waals surface area contributed by atoms with E-state index in [-0.39, 0.29) is 0 Å². The Labute approximate surface area is 64.5 Å². The van der Waals surface area contributed by atoms with Crippen LogP contribution in [-0.4, -0.2) is 24.2 Å². The molecule has 3 N–H and O–H groups in total. The summed E-state index contributed by atoms with van der Waals surface area (Å²) < 4.78 is 9.90. The summed E-state index contributed by atoms with van der Waals surface area (Å²) in [4.78, 5) is 6.59. The highest BCUT2D eigenvalue weighted by molar-refractivity contribution is 5.18. The van der Waals surface area contributed by atoms with Crippen molar-refractivity contribution in [2.24, 2.45) is 0 Å². The van der Waals surface area contributed by atoms with E-state index < -0.39 is 6.29 Å². The fraction of sp³-hybridized carbons (Fsp3) is 0.500. The molecule has 0 aliphatic heterocycles. The number of rotatable bonds is 3. The Morgan fingerprint density at radius 1 is 1.55 bits per heavy atom. The fourth-order valence-corrected chi connectivity index (χ4v) is 0.821. The van der Waals surface area contributed by atoms with Crippen molar-refractivity contribution in [2.45, 2.75) is 6.29 Å². The van der Waals surface area contributed by atoms with E-state index in [0.717, 1.165) is 0 Å². The van der Waals surface area contributed by atoms with Gasteiger partial charge < -0.3 is 20.2 Å². The molecule has 1 aromatic heterocycles. The molecule has 0 aromatic carbocycles. The molecule has 0 saturated heterocycles. The molecule has 0 atom stereocenters. The van der Waals surface area contributed by atoms with Crippen LogP contribution in [0.2, 0.25) is 0 Å². The quantitative estimate of drug-likeness (QED) is 0.618. The van der Waals surface area contributed by atoms with Crippen LogP contribution in [0.5, 0.6) is 0 Å². The van der Waals surface area contributed by atoms with Crippen molar-refractivity contribution in [3.05, 3.63) is 11.9 Å². The number of anilines is 1. The second-order valence-corrected chi connectivity index (χ2v) is 2.03. The summed E-state index contributed by atoms with van der Waals surface area (Å²) in [5.74, 6) is 0.360. The molecule has 0 unspecified atom stereocenters. The third-order valence-electron chi connectivity index (χ3n) is 1.30. The predicted octanol–water partition coefficient (Wildman–Crippen LogP) is 0.283. The average molecular weight is 157 g/mol. The first-order chi connectivity index (χ1) is 5.27. The number of nitrogens with zero attached hydrogens (tertiary/aromatic N) is 1. The van der Waals surface area contributed by atoms with Crippen LogP contribution in [-0.2, 0) is 9.47 Å². The number of nitrogens with two attached hydrogens (primary N) is 1. The van der Waals surface area contributed by atoms with Crippen molar-refractivity contribution in [1.29, 1.82) is 0 Å². The predicted molar refractivity (Wildman–Crippen MR) is 39.8 cm³/mol. The second-order valence-electron chi connectivity index (χ2n) is 2.03. The molecule has 0 bridgehead atoms. The lowest BCUT2D eigenvalue weighted by Gasteiger charge is -2.09. The molecule has 0 radical (unpaired) electrons. The van der Waals surface area contributed by atoms with E-state index in [0.29, 0.717) is 11.6 Å². The maximum Gasteiger partial charge on any atom is 0.200 e. The number of hydrogen-bond acceptors (Lipinski definition) is 4. The molecule has 0 spiro atoms. The van der Waals surface area contributed by atoms with Gasteiger partial charge >= 0.3 is 0 Å². The van der Waals surface area contributed by atoms with E-state index in [9.17, 15) is 0 Å². The van der Waals surface area contributed by atoms with Crippen molar-refractivity contribution >= 4 is 5.95 Å². The van der Waals surface area contributed by atoms with E-state index in [1.807, 2.05) is 0 Å². The van der Waals surface area contributed by atoms with E-state index in [1.54, 1.807) is 20.4 Å². The highest BCUT2D eigenvalue weighted by atomic mass is 16.7. The minimum Gasteiger partial charge on any atom is -0.369 e. The van der Waals surface area contributed by atoms with Crippen LogP contribution in [0.4, 0.5) is 5.95 Å². The first kappa shape index (κ1) is 8.03. The van der Waals surface area contributed by atoms with Crippen molar-refractivity contribution in [1.82, 2.24) is 9.97 Å². The van der Waals surface area contributed by atoms with Gasteiger partial charge in [-0.3, -0.25) is 0 Å². The molecule has 11 heavy (non-hydrogen) atoms. The van der Waals surface area contributed by atoms with Gasteiger partial charge in [0.2, 0.25) is 0 Å². The zero-order valence-corrected chi connectivity index (χ0v) is 6.50. The Bertz CT molecular complexity index is 219. The molecular formula is C6H11N3O2. The lowest BCUT2D eigenvalue weighted by molar-refractivity contribution is -0.108. The highest BCUT2D eigenvalue weighted by Crippen LogP contribution is 2.14.